The number of fused-ring (bicyclic) bond motifs is 1. The van der Waals surface area contributed by atoms with Gasteiger partial charge in [-0.25, -0.2) is 9.97 Å². The molecule has 96 valence electrons. The van der Waals surface area contributed by atoms with Crippen molar-refractivity contribution in [3.63, 3.8) is 0 Å². The summed E-state index contributed by atoms with van der Waals surface area (Å²) in [5.41, 5.74) is 14.3. The van der Waals surface area contributed by atoms with Gasteiger partial charge in [-0.2, -0.15) is 9.97 Å². The Balaban J connectivity index is 2.80. The predicted octanol–water partition coefficient (Wildman–Crippen LogP) is 1.83. The Morgan fingerprint density at radius 1 is 0.778 bits per heavy atom. The molecule has 6 heteroatoms. The Morgan fingerprint density at radius 2 is 1.33 bits per heavy atom. The van der Waals surface area contributed by atoms with E-state index in [1.165, 1.54) is 0 Å². The van der Waals surface area contributed by atoms with E-state index in [4.69, 9.17) is 11.5 Å². The Labute approximate surface area is 106 Å². The molecule has 0 fully saturated rings. The van der Waals surface area contributed by atoms with Crippen molar-refractivity contribution in [3.8, 4) is 0 Å². The first-order valence-electron chi connectivity index (χ1n) is 6.00. The third kappa shape index (κ3) is 2.05. The van der Waals surface area contributed by atoms with Gasteiger partial charge in [0.15, 0.2) is 17.0 Å². The van der Waals surface area contributed by atoms with Gasteiger partial charge < -0.3 is 11.5 Å². The highest BCUT2D eigenvalue weighted by Crippen LogP contribution is 2.26. The minimum atomic E-state index is 0.126. The minimum Gasteiger partial charge on any atom is -0.382 e. The molecule has 0 unspecified atom stereocenters. The van der Waals surface area contributed by atoms with E-state index in [-0.39, 0.29) is 23.6 Å². The Kier molecular flexibility index (Phi) is 3.02. The third-order valence-electron chi connectivity index (χ3n) is 2.72. The summed E-state index contributed by atoms with van der Waals surface area (Å²) in [6.45, 7) is 8.32. The van der Waals surface area contributed by atoms with E-state index in [9.17, 15) is 0 Å². The Bertz CT molecular complexity index is 591. The fraction of sp³-hybridized carbons (Fsp3) is 0.500. The molecule has 0 aliphatic carbocycles. The first kappa shape index (κ1) is 12.5. The highest BCUT2D eigenvalue weighted by molar-refractivity contribution is 5.82. The molecule has 0 radical (unpaired) electrons. The maximum atomic E-state index is 5.82. The molecule has 0 aliphatic rings. The molecule has 0 bridgehead atoms. The summed E-state index contributed by atoms with van der Waals surface area (Å²) in [5, 5.41) is 0. The number of anilines is 2. The van der Waals surface area contributed by atoms with E-state index in [0.717, 1.165) is 11.4 Å². The average molecular weight is 246 g/mol. The molecule has 0 spiro atoms. The largest absolute Gasteiger partial charge is 0.382 e. The molecule has 0 saturated heterocycles. The summed E-state index contributed by atoms with van der Waals surface area (Å²) in [7, 11) is 0. The fourth-order valence-corrected chi connectivity index (χ4v) is 1.86. The van der Waals surface area contributed by atoms with Gasteiger partial charge >= 0.3 is 0 Å². The Hall–Kier alpha value is -1.98. The van der Waals surface area contributed by atoms with Gasteiger partial charge in [-0.15, -0.1) is 0 Å². The summed E-state index contributed by atoms with van der Waals surface area (Å²) in [5.74, 6) is 0.955. The van der Waals surface area contributed by atoms with Crippen LogP contribution in [0.3, 0.4) is 0 Å². The van der Waals surface area contributed by atoms with Gasteiger partial charge in [0.25, 0.3) is 0 Å². The van der Waals surface area contributed by atoms with Gasteiger partial charge in [0.2, 0.25) is 5.95 Å². The summed E-state index contributed by atoms with van der Waals surface area (Å²) >= 11 is 0. The second-order valence-corrected chi connectivity index (χ2v) is 4.94. The molecular weight excluding hydrogens is 228 g/mol. The molecule has 2 rings (SSSR count). The van der Waals surface area contributed by atoms with Crippen LogP contribution in [-0.2, 0) is 0 Å². The van der Waals surface area contributed by atoms with E-state index in [1.807, 2.05) is 0 Å². The lowest BCUT2D eigenvalue weighted by molar-refractivity contribution is 0.735. The second-order valence-electron chi connectivity index (χ2n) is 4.94. The molecule has 18 heavy (non-hydrogen) atoms. The van der Waals surface area contributed by atoms with Crippen LogP contribution >= 0.6 is 0 Å². The molecular formula is C12H18N6. The highest BCUT2D eigenvalue weighted by Gasteiger charge is 2.17. The number of hydrogen-bond donors (Lipinski definition) is 2. The van der Waals surface area contributed by atoms with Crippen LogP contribution in [0.1, 0.15) is 50.9 Å². The van der Waals surface area contributed by atoms with Crippen molar-refractivity contribution in [2.45, 2.75) is 39.5 Å². The van der Waals surface area contributed by atoms with Gasteiger partial charge in [0.05, 0.1) is 11.4 Å². The molecule has 4 N–H and O–H groups in total. The van der Waals surface area contributed by atoms with Crippen LogP contribution in [0.5, 0.6) is 0 Å². The SMILES string of the molecule is CC(C)c1nc2nc(N)nc(N)c2nc1C(C)C. The van der Waals surface area contributed by atoms with Gasteiger partial charge in [-0.05, 0) is 11.8 Å². The molecule has 0 amide bonds. The lowest BCUT2D eigenvalue weighted by Crippen LogP contribution is -2.10. The average Bonchev–Trinajstić information content (AvgIpc) is 2.26. The van der Waals surface area contributed by atoms with Crippen molar-refractivity contribution in [1.82, 2.24) is 19.9 Å². The highest BCUT2D eigenvalue weighted by atomic mass is 15.1. The third-order valence-corrected chi connectivity index (χ3v) is 2.72. The molecule has 0 aromatic carbocycles. The van der Waals surface area contributed by atoms with Crippen LogP contribution in [0.15, 0.2) is 0 Å². The molecule has 0 aliphatic heterocycles. The molecule has 2 aromatic heterocycles. The topological polar surface area (TPSA) is 104 Å². The lowest BCUT2D eigenvalue weighted by atomic mass is 10.0. The predicted molar refractivity (Wildman–Crippen MR) is 72.1 cm³/mol. The van der Waals surface area contributed by atoms with Crippen molar-refractivity contribution >= 4 is 22.9 Å². The van der Waals surface area contributed by atoms with Crippen LogP contribution < -0.4 is 11.5 Å². The van der Waals surface area contributed by atoms with Gasteiger partial charge in [0, 0.05) is 0 Å². The number of hydrogen-bond acceptors (Lipinski definition) is 6. The minimum absolute atomic E-state index is 0.126. The zero-order chi connectivity index (χ0) is 13.4. The van der Waals surface area contributed by atoms with E-state index in [0.29, 0.717) is 11.2 Å². The van der Waals surface area contributed by atoms with E-state index in [2.05, 4.69) is 47.6 Å². The molecule has 2 heterocycles. The summed E-state index contributed by atoms with van der Waals surface area (Å²) in [4.78, 5) is 17.1. The smallest absolute Gasteiger partial charge is 0.224 e. The van der Waals surface area contributed by atoms with Crippen LogP contribution in [0.25, 0.3) is 11.2 Å². The standard InChI is InChI=1S/C12H18N6/c1-5(2)7-8(6(3)4)16-11-9(15-7)10(13)17-12(14)18-11/h5-6H,1-4H3,(H4,13,14,16,17,18). The zero-order valence-corrected chi connectivity index (χ0v) is 11.1. The van der Waals surface area contributed by atoms with E-state index < -0.39 is 0 Å². The van der Waals surface area contributed by atoms with Crippen molar-refractivity contribution in [3.05, 3.63) is 11.4 Å². The Morgan fingerprint density at radius 3 is 1.89 bits per heavy atom. The summed E-state index contributed by atoms with van der Waals surface area (Å²) in [6, 6.07) is 0. The van der Waals surface area contributed by atoms with Crippen molar-refractivity contribution in [2.75, 3.05) is 11.5 Å². The number of rotatable bonds is 2. The maximum Gasteiger partial charge on any atom is 0.224 e. The molecule has 6 nitrogen and oxygen atoms in total. The summed E-state index contributed by atoms with van der Waals surface area (Å²) in [6.07, 6.45) is 0. The van der Waals surface area contributed by atoms with Crippen LogP contribution in [-0.4, -0.2) is 19.9 Å². The van der Waals surface area contributed by atoms with Crippen molar-refractivity contribution < 1.29 is 0 Å². The first-order valence-corrected chi connectivity index (χ1v) is 6.00. The van der Waals surface area contributed by atoms with Gasteiger partial charge in [-0.3, -0.25) is 0 Å². The van der Waals surface area contributed by atoms with Crippen molar-refractivity contribution in [2.24, 2.45) is 0 Å². The molecule has 0 saturated carbocycles. The molecule has 2 aromatic rings. The van der Waals surface area contributed by atoms with Crippen LogP contribution in [0.2, 0.25) is 0 Å². The maximum absolute atomic E-state index is 5.82. The first-order chi connectivity index (χ1) is 8.40. The van der Waals surface area contributed by atoms with Crippen molar-refractivity contribution in [1.29, 1.82) is 0 Å². The monoisotopic (exact) mass is 246 g/mol. The zero-order valence-electron chi connectivity index (χ0n) is 11.1. The van der Waals surface area contributed by atoms with Crippen LogP contribution in [0.4, 0.5) is 11.8 Å². The van der Waals surface area contributed by atoms with E-state index in [1.54, 1.807) is 0 Å². The lowest BCUT2D eigenvalue weighted by Gasteiger charge is -2.14. The van der Waals surface area contributed by atoms with Gasteiger partial charge in [-0.1, -0.05) is 27.7 Å². The number of aromatic nitrogens is 4. The van der Waals surface area contributed by atoms with Gasteiger partial charge in [0.1, 0.15) is 0 Å². The molecule has 0 atom stereocenters. The second kappa shape index (κ2) is 4.36. The summed E-state index contributed by atoms with van der Waals surface area (Å²) < 4.78 is 0. The fourth-order valence-electron chi connectivity index (χ4n) is 1.86. The normalized spacial score (nSPS) is 11.7. The quantitative estimate of drug-likeness (QED) is 0.837. The van der Waals surface area contributed by atoms with Crippen LogP contribution in [0, 0.1) is 0 Å². The van der Waals surface area contributed by atoms with E-state index >= 15 is 0 Å². The number of nitrogen functional groups attached to an aromatic ring is 2. The number of nitrogens with zero attached hydrogens (tertiary/aromatic N) is 4. The number of nitrogens with two attached hydrogens (primary N) is 2.